The molecule has 0 radical (unpaired) electrons. The molecule has 0 aliphatic rings. The lowest BCUT2D eigenvalue weighted by Gasteiger charge is -2.23. The first-order valence-electron chi connectivity index (χ1n) is 5.57. The molecule has 100 valence electrons. The van der Waals surface area contributed by atoms with Gasteiger partial charge in [-0.3, -0.25) is 0 Å². The van der Waals surface area contributed by atoms with E-state index in [2.05, 4.69) is 6.58 Å². The van der Waals surface area contributed by atoms with Crippen LogP contribution in [0.3, 0.4) is 0 Å². The van der Waals surface area contributed by atoms with Crippen molar-refractivity contribution in [1.29, 1.82) is 0 Å². The zero-order valence-electron chi connectivity index (χ0n) is 10.9. The summed E-state index contributed by atoms with van der Waals surface area (Å²) < 4.78 is 28.2. The summed E-state index contributed by atoms with van der Waals surface area (Å²) in [4.78, 5) is 0.0957. The zero-order valence-corrected chi connectivity index (χ0v) is 11.8. The predicted octanol–water partition coefficient (Wildman–Crippen LogP) is 2.20. The van der Waals surface area contributed by atoms with Gasteiger partial charge in [-0.05, 0) is 23.6 Å². The van der Waals surface area contributed by atoms with Crippen molar-refractivity contribution in [2.24, 2.45) is 5.14 Å². The molecule has 5 heteroatoms. The minimum Gasteiger partial charge on any atom is -0.489 e. The number of benzene rings is 1. The molecule has 0 saturated heterocycles. The lowest BCUT2D eigenvalue weighted by Crippen LogP contribution is -2.17. The Balaban J connectivity index is 3.34. The highest BCUT2D eigenvalue weighted by molar-refractivity contribution is 7.89. The Bertz CT molecular complexity index is 542. The van der Waals surface area contributed by atoms with Gasteiger partial charge < -0.3 is 4.74 Å². The minimum absolute atomic E-state index is 0.0957. The van der Waals surface area contributed by atoms with Crippen molar-refractivity contribution < 1.29 is 13.2 Å². The van der Waals surface area contributed by atoms with Gasteiger partial charge in [0.2, 0.25) is 10.0 Å². The molecule has 0 aliphatic carbocycles. The summed E-state index contributed by atoms with van der Waals surface area (Å²) >= 11 is 0. The second-order valence-corrected chi connectivity index (χ2v) is 6.61. The van der Waals surface area contributed by atoms with Crippen LogP contribution in [0, 0.1) is 0 Å². The summed E-state index contributed by atoms with van der Waals surface area (Å²) in [5, 5.41) is 5.13. The Morgan fingerprint density at radius 2 is 2.00 bits per heavy atom. The standard InChI is InChI=1S/C13H19NO3S/c1-5-8-17-12-7-6-10(18(14,15)16)9-11(12)13(2,3)4/h5-7,9H,1,8H2,2-4H3,(H2,14,15,16). The quantitative estimate of drug-likeness (QED) is 0.852. The Kier molecular flexibility index (Phi) is 4.19. The molecular formula is C13H19NO3S. The molecule has 0 atom stereocenters. The molecule has 0 aromatic heterocycles. The molecular weight excluding hydrogens is 250 g/mol. The van der Waals surface area contributed by atoms with Gasteiger partial charge in [0.15, 0.2) is 0 Å². The van der Waals surface area contributed by atoms with Crippen LogP contribution in [-0.4, -0.2) is 15.0 Å². The van der Waals surface area contributed by atoms with Crippen molar-refractivity contribution in [3.63, 3.8) is 0 Å². The Labute approximate surface area is 109 Å². The maximum atomic E-state index is 11.4. The SMILES string of the molecule is C=CCOc1ccc(S(N)(=O)=O)cc1C(C)(C)C. The van der Waals surface area contributed by atoms with Crippen LogP contribution >= 0.6 is 0 Å². The van der Waals surface area contributed by atoms with Crippen molar-refractivity contribution in [3.8, 4) is 5.75 Å². The second kappa shape index (κ2) is 5.12. The van der Waals surface area contributed by atoms with Crippen LogP contribution in [0.4, 0.5) is 0 Å². The second-order valence-electron chi connectivity index (χ2n) is 5.05. The number of rotatable bonds is 4. The Morgan fingerprint density at radius 1 is 1.39 bits per heavy atom. The molecule has 0 unspecified atom stereocenters. The average molecular weight is 269 g/mol. The molecule has 4 nitrogen and oxygen atoms in total. The highest BCUT2D eigenvalue weighted by Gasteiger charge is 2.21. The monoisotopic (exact) mass is 269 g/mol. The van der Waals surface area contributed by atoms with E-state index in [0.717, 1.165) is 5.56 Å². The smallest absolute Gasteiger partial charge is 0.238 e. The summed E-state index contributed by atoms with van der Waals surface area (Å²) in [6.07, 6.45) is 1.64. The van der Waals surface area contributed by atoms with Gasteiger partial charge in [-0.1, -0.05) is 33.4 Å². The number of ether oxygens (including phenoxy) is 1. The van der Waals surface area contributed by atoms with Gasteiger partial charge in [0.1, 0.15) is 12.4 Å². The van der Waals surface area contributed by atoms with E-state index in [1.165, 1.54) is 6.07 Å². The lowest BCUT2D eigenvalue weighted by atomic mass is 9.86. The number of nitrogens with two attached hydrogens (primary N) is 1. The van der Waals surface area contributed by atoms with Crippen LogP contribution in [0.1, 0.15) is 26.3 Å². The number of hydrogen-bond donors (Lipinski definition) is 1. The van der Waals surface area contributed by atoms with Crippen LogP contribution in [0.25, 0.3) is 0 Å². The Hall–Kier alpha value is -1.33. The molecule has 1 rings (SSSR count). The van der Waals surface area contributed by atoms with Crippen molar-refractivity contribution in [1.82, 2.24) is 0 Å². The first-order chi connectivity index (χ1) is 8.16. The van der Waals surface area contributed by atoms with E-state index < -0.39 is 10.0 Å². The first kappa shape index (κ1) is 14.7. The Morgan fingerprint density at radius 3 is 2.44 bits per heavy atom. The van der Waals surface area contributed by atoms with Crippen molar-refractivity contribution in [2.45, 2.75) is 31.1 Å². The first-order valence-corrected chi connectivity index (χ1v) is 7.12. The van der Waals surface area contributed by atoms with Gasteiger partial charge in [-0.25, -0.2) is 13.6 Å². The molecule has 1 aromatic carbocycles. The molecule has 0 heterocycles. The van der Waals surface area contributed by atoms with E-state index in [0.29, 0.717) is 12.4 Å². The highest BCUT2D eigenvalue weighted by atomic mass is 32.2. The minimum atomic E-state index is -3.70. The maximum Gasteiger partial charge on any atom is 0.238 e. The number of hydrogen-bond acceptors (Lipinski definition) is 3. The zero-order chi connectivity index (χ0) is 14.0. The fraction of sp³-hybridized carbons (Fsp3) is 0.385. The normalized spacial score (nSPS) is 12.2. The highest BCUT2D eigenvalue weighted by Crippen LogP contribution is 2.33. The molecule has 0 amide bonds. The molecule has 0 saturated carbocycles. The van der Waals surface area contributed by atoms with E-state index in [4.69, 9.17) is 9.88 Å². The van der Waals surface area contributed by atoms with Crippen molar-refractivity contribution in [2.75, 3.05) is 6.61 Å². The number of sulfonamides is 1. The topological polar surface area (TPSA) is 69.4 Å². The van der Waals surface area contributed by atoms with Crippen LogP contribution in [0.15, 0.2) is 35.7 Å². The maximum absolute atomic E-state index is 11.4. The third kappa shape index (κ3) is 3.58. The molecule has 0 bridgehead atoms. The van der Waals surface area contributed by atoms with E-state index in [9.17, 15) is 8.42 Å². The van der Waals surface area contributed by atoms with Crippen LogP contribution in [0.2, 0.25) is 0 Å². The molecule has 1 aromatic rings. The third-order valence-electron chi connectivity index (χ3n) is 2.44. The van der Waals surface area contributed by atoms with E-state index in [1.807, 2.05) is 20.8 Å². The van der Waals surface area contributed by atoms with E-state index >= 15 is 0 Å². The summed E-state index contributed by atoms with van der Waals surface area (Å²) in [6.45, 7) is 9.90. The average Bonchev–Trinajstić information content (AvgIpc) is 2.23. The molecule has 0 spiro atoms. The van der Waals surface area contributed by atoms with Crippen molar-refractivity contribution >= 4 is 10.0 Å². The van der Waals surface area contributed by atoms with Crippen LogP contribution in [0.5, 0.6) is 5.75 Å². The molecule has 18 heavy (non-hydrogen) atoms. The van der Waals surface area contributed by atoms with Gasteiger partial charge in [0, 0.05) is 5.56 Å². The fourth-order valence-electron chi connectivity index (χ4n) is 1.55. The van der Waals surface area contributed by atoms with Gasteiger partial charge in [-0.15, -0.1) is 0 Å². The van der Waals surface area contributed by atoms with Gasteiger partial charge in [0.25, 0.3) is 0 Å². The van der Waals surface area contributed by atoms with Gasteiger partial charge in [0.05, 0.1) is 4.90 Å². The third-order valence-corrected chi connectivity index (χ3v) is 3.36. The fourth-order valence-corrected chi connectivity index (χ4v) is 2.09. The van der Waals surface area contributed by atoms with Crippen LogP contribution in [-0.2, 0) is 15.4 Å². The number of primary sulfonamides is 1. The molecule has 0 aliphatic heterocycles. The van der Waals surface area contributed by atoms with Gasteiger partial charge >= 0.3 is 0 Å². The predicted molar refractivity (Wildman–Crippen MR) is 72.2 cm³/mol. The van der Waals surface area contributed by atoms with E-state index in [1.54, 1.807) is 18.2 Å². The summed E-state index contributed by atoms with van der Waals surface area (Å²) in [5.74, 6) is 0.648. The van der Waals surface area contributed by atoms with Gasteiger partial charge in [-0.2, -0.15) is 0 Å². The lowest BCUT2D eigenvalue weighted by molar-refractivity contribution is 0.350. The van der Waals surface area contributed by atoms with E-state index in [-0.39, 0.29) is 10.3 Å². The summed E-state index contributed by atoms with van der Waals surface area (Å²) in [7, 11) is -3.70. The van der Waals surface area contributed by atoms with Crippen molar-refractivity contribution in [3.05, 3.63) is 36.4 Å². The summed E-state index contributed by atoms with van der Waals surface area (Å²) in [5.41, 5.74) is 0.563. The summed E-state index contributed by atoms with van der Waals surface area (Å²) in [6, 6.07) is 4.64. The molecule has 2 N–H and O–H groups in total. The van der Waals surface area contributed by atoms with Crippen LogP contribution < -0.4 is 9.88 Å². The molecule has 0 fully saturated rings. The largest absolute Gasteiger partial charge is 0.489 e.